The number of hydrogen-bond donors (Lipinski definition) is 2. The fourth-order valence-corrected chi connectivity index (χ4v) is 4.72. The SMILES string of the molecule is CC(C)C[C@@H](C(=O)N1C[C@]2(C[C@H]1C#N)C(=O)Nc1ccccc12)N(C)C(=O)C(C)(C)C(=O)O. The maximum Gasteiger partial charge on any atom is 0.318 e. The van der Waals surface area contributed by atoms with E-state index in [1.807, 2.05) is 26.0 Å². The van der Waals surface area contributed by atoms with Crippen LogP contribution in [0.3, 0.4) is 0 Å². The number of para-hydroxylation sites is 1. The van der Waals surface area contributed by atoms with Crippen molar-refractivity contribution in [2.45, 2.75) is 58.0 Å². The van der Waals surface area contributed by atoms with Gasteiger partial charge < -0.3 is 20.2 Å². The minimum Gasteiger partial charge on any atom is -0.480 e. The molecule has 0 aliphatic carbocycles. The van der Waals surface area contributed by atoms with Gasteiger partial charge in [0.2, 0.25) is 17.7 Å². The number of aliphatic carboxylic acids is 1. The van der Waals surface area contributed by atoms with E-state index in [0.29, 0.717) is 12.1 Å². The van der Waals surface area contributed by atoms with Crippen LogP contribution in [-0.4, -0.2) is 64.3 Å². The molecule has 0 radical (unpaired) electrons. The Morgan fingerprint density at radius 3 is 2.55 bits per heavy atom. The molecule has 0 unspecified atom stereocenters. The van der Waals surface area contributed by atoms with E-state index >= 15 is 0 Å². The summed E-state index contributed by atoms with van der Waals surface area (Å²) in [4.78, 5) is 53.9. The highest BCUT2D eigenvalue weighted by atomic mass is 16.4. The highest BCUT2D eigenvalue weighted by molar-refractivity contribution is 6.07. The van der Waals surface area contributed by atoms with Gasteiger partial charge >= 0.3 is 5.97 Å². The molecule has 176 valence electrons. The van der Waals surface area contributed by atoms with E-state index in [9.17, 15) is 29.5 Å². The van der Waals surface area contributed by atoms with E-state index in [1.165, 1.54) is 30.7 Å². The van der Waals surface area contributed by atoms with Crippen LogP contribution >= 0.6 is 0 Å². The summed E-state index contributed by atoms with van der Waals surface area (Å²) < 4.78 is 0. The third-order valence-electron chi connectivity index (χ3n) is 6.75. The van der Waals surface area contributed by atoms with Crippen molar-refractivity contribution in [3.63, 3.8) is 0 Å². The van der Waals surface area contributed by atoms with Gasteiger partial charge in [0, 0.05) is 25.7 Å². The van der Waals surface area contributed by atoms with Crippen molar-refractivity contribution in [3.05, 3.63) is 29.8 Å². The molecule has 9 heteroatoms. The maximum atomic E-state index is 13.8. The smallest absolute Gasteiger partial charge is 0.318 e. The van der Waals surface area contributed by atoms with Gasteiger partial charge in [0.15, 0.2) is 0 Å². The molecule has 2 heterocycles. The fraction of sp³-hybridized carbons (Fsp3) is 0.542. The number of likely N-dealkylation sites (N-methyl/N-ethyl adjacent to an activating group) is 1. The van der Waals surface area contributed by atoms with E-state index in [2.05, 4.69) is 11.4 Å². The second-order valence-corrected chi connectivity index (χ2v) is 9.89. The summed E-state index contributed by atoms with van der Waals surface area (Å²) >= 11 is 0. The van der Waals surface area contributed by atoms with Gasteiger partial charge in [-0.25, -0.2) is 0 Å². The predicted molar refractivity (Wildman–Crippen MR) is 120 cm³/mol. The van der Waals surface area contributed by atoms with Crippen LogP contribution in [-0.2, 0) is 24.6 Å². The number of hydrogen-bond acceptors (Lipinski definition) is 5. The summed E-state index contributed by atoms with van der Waals surface area (Å²) in [7, 11) is 1.42. The van der Waals surface area contributed by atoms with Crippen LogP contribution in [0.15, 0.2) is 24.3 Å². The number of nitriles is 1. The number of carboxylic acid groups (broad SMARTS) is 1. The number of amides is 3. The second kappa shape index (κ2) is 8.50. The number of carbonyl (C=O) groups is 4. The average Bonchev–Trinajstić information content (AvgIpc) is 3.29. The molecule has 2 aliphatic heterocycles. The number of nitrogens with zero attached hydrogens (tertiary/aromatic N) is 3. The Balaban J connectivity index is 1.96. The van der Waals surface area contributed by atoms with Crippen molar-refractivity contribution in [1.82, 2.24) is 9.80 Å². The molecule has 1 aromatic rings. The summed E-state index contributed by atoms with van der Waals surface area (Å²) in [6.07, 6.45) is 0.450. The Labute approximate surface area is 193 Å². The standard InChI is InChI=1S/C24H30N4O5/c1-14(2)10-18(27(5)21(31)23(3,4)22(32)33)19(29)28-13-24(11-15(28)12-25)16-8-6-7-9-17(16)26-20(24)30/h6-9,14-15,18H,10-11,13H2,1-5H3,(H,26,30)(H,32,33)/t15-,18-,24-/m0/s1. The Morgan fingerprint density at radius 1 is 1.33 bits per heavy atom. The number of carboxylic acids is 1. The zero-order valence-corrected chi connectivity index (χ0v) is 19.6. The number of rotatable bonds is 6. The molecule has 2 aliphatic rings. The molecule has 2 N–H and O–H groups in total. The van der Waals surface area contributed by atoms with Gasteiger partial charge in [0.25, 0.3) is 0 Å². The van der Waals surface area contributed by atoms with Crippen molar-refractivity contribution in [1.29, 1.82) is 5.26 Å². The lowest BCUT2D eigenvalue weighted by Crippen LogP contribution is -2.55. The molecule has 3 atom stereocenters. The van der Waals surface area contributed by atoms with E-state index < -0.39 is 40.7 Å². The average molecular weight is 455 g/mol. The molecule has 1 saturated heterocycles. The minimum absolute atomic E-state index is 0.0197. The molecule has 0 aromatic heterocycles. The zero-order chi connectivity index (χ0) is 24.7. The maximum absolute atomic E-state index is 13.8. The van der Waals surface area contributed by atoms with Crippen LogP contribution < -0.4 is 5.32 Å². The first kappa shape index (κ1) is 24.2. The van der Waals surface area contributed by atoms with Crippen LogP contribution in [0.25, 0.3) is 0 Å². The van der Waals surface area contributed by atoms with Crippen LogP contribution in [0.2, 0.25) is 0 Å². The summed E-state index contributed by atoms with van der Waals surface area (Å²) in [5, 5.41) is 22.2. The largest absolute Gasteiger partial charge is 0.480 e. The van der Waals surface area contributed by atoms with E-state index in [1.54, 1.807) is 12.1 Å². The third kappa shape index (κ3) is 3.94. The Kier molecular flexibility index (Phi) is 6.25. The quantitative estimate of drug-likeness (QED) is 0.632. The first-order valence-electron chi connectivity index (χ1n) is 11.0. The molecular formula is C24H30N4O5. The number of carbonyl (C=O) groups excluding carboxylic acids is 3. The summed E-state index contributed by atoms with van der Waals surface area (Å²) in [6.45, 7) is 6.41. The molecule has 33 heavy (non-hydrogen) atoms. The molecular weight excluding hydrogens is 424 g/mol. The van der Waals surface area contributed by atoms with Crippen molar-refractivity contribution in [2.24, 2.45) is 11.3 Å². The molecule has 1 aromatic carbocycles. The van der Waals surface area contributed by atoms with Crippen molar-refractivity contribution in [3.8, 4) is 6.07 Å². The lowest BCUT2D eigenvalue weighted by Gasteiger charge is -2.36. The Morgan fingerprint density at radius 2 is 1.97 bits per heavy atom. The van der Waals surface area contributed by atoms with Gasteiger partial charge in [-0.05, 0) is 37.8 Å². The van der Waals surface area contributed by atoms with Crippen molar-refractivity contribution < 1.29 is 24.3 Å². The van der Waals surface area contributed by atoms with Crippen LogP contribution in [0.1, 0.15) is 46.1 Å². The van der Waals surface area contributed by atoms with Crippen LogP contribution in [0.5, 0.6) is 0 Å². The molecule has 1 fully saturated rings. The molecule has 9 nitrogen and oxygen atoms in total. The topological polar surface area (TPSA) is 131 Å². The van der Waals surface area contributed by atoms with Gasteiger partial charge in [-0.15, -0.1) is 0 Å². The van der Waals surface area contributed by atoms with Gasteiger partial charge in [-0.2, -0.15) is 5.26 Å². The molecule has 3 rings (SSSR count). The number of anilines is 1. The predicted octanol–water partition coefficient (Wildman–Crippen LogP) is 1.98. The van der Waals surface area contributed by atoms with Gasteiger partial charge in [0.05, 0.1) is 11.5 Å². The minimum atomic E-state index is -1.71. The molecule has 0 bridgehead atoms. The molecule has 3 amide bonds. The van der Waals surface area contributed by atoms with Crippen LogP contribution in [0.4, 0.5) is 5.69 Å². The van der Waals surface area contributed by atoms with Crippen molar-refractivity contribution in [2.75, 3.05) is 18.9 Å². The Bertz CT molecular complexity index is 1040. The monoisotopic (exact) mass is 454 g/mol. The van der Waals surface area contributed by atoms with E-state index in [-0.39, 0.29) is 24.8 Å². The number of nitrogens with one attached hydrogen (secondary N) is 1. The Hall–Kier alpha value is -3.41. The van der Waals surface area contributed by atoms with Gasteiger partial charge in [0.1, 0.15) is 17.5 Å². The lowest BCUT2D eigenvalue weighted by atomic mass is 9.80. The fourth-order valence-electron chi connectivity index (χ4n) is 4.72. The summed E-state index contributed by atoms with van der Waals surface area (Å²) in [5.74, 6) is -2.67. The van der Waals surface area contributed by atoms with E-state index in [4.69, 9.17) is 0 Å². The second-order valence-electron chi connectivity index (χ2n) is 9.89. The molecule has 0 saturated carbocycles. The highest BCUT2D eigenvalue weighted by Crippen LogP contribution is 2.46. The number of likely N-dealkylation sites (tertiary alicyclic amines) is 1. The zero-order valence-electron chi connectivity index (χ0n) is 19.6. The van der Waals surface area contributed by atoms with Gasteiger partial charge in [-0.3, -0.25) is 19.2 Å². The third-order valence-corrected chi connectivity index (χ3v) is 6.75. The summed E-state index contributed by atoms with van der Waals surface area (Å²) in [5.41, 5.74) is -1.32. The number of fused-ring (bicyclic) bond motifs is 2. The summed E-state index contributed by atoms with van der Waals surface area (Å²) in [6, 6.07) is 7.58. The van der Waals surface area contributed by atoms with Crippen LogP contribution in [0, 0.1) is 22.7 Å². The first-order chi connectivity index (χ1) is 15.4. The van der Waals surface area contributed by atoms with Gasteiger partial charge in [-0.1, -0.05) is 32.0 Å². The highest BCUT2D eigenvalue weighted by Gasteiger charge is 2.57. The van der Waals surface area contributed by atoms with Crippen molar-refractivity contribution >= 4 is 29.4 Å². The number of benzene rings is 1. The molecule has 1 spiro atoms. The normalized spacial score (nSPS) is 22.6. The first-order valence-corrected chi connectivity index (χ1v) is 11.0. The lowest BCUT2D eigenvalue weighted by molar-refractivity contribution is -0.161. The van der Waals surface area contributed by atoms with E-state index in [0.717, 1.165) is 5.56 Å².